The standard InChI is InChI=1S/C12H13N2O/c1-2-9-8-11(15)13-14-12(9)10-6-4-3-5-7-10/h3-4,6-7,9H,2,8H2,1H3,(H,13,15). The van der Waals surface area contributed by atoms with Crippen LogP contribution < -0.4 is 5.43 Å². The Morgan fingerprint density at radius 1 is 1.67 bits per heavy atom. The molecular weight excluding hydrogens is 188 g/mol. The SMILES string of the molecule is CCC1CC(=O)NN=C1c1c[c]ccc1. The number of amides is 1. The fourth-order valence-electron chi connectivity index (χ4n) is 1.77. The Labute approximate surface area is 89.2 Å². The van der Waals surface area contributed by atoms with Crippen molar-refractivity contribution in [1.29, 1.82) is 0 Å². The fraction of sp³-hybridized carbons (Fsp3) is 0.333. The zero-order valence-electron chi connectivity index (χ0n) is 8.66. The second-order valence-electron chi connectivity index (χ2n) is 3.63. The molecule has 0 aliphatic carbocycles. The molecule has 2 rings (SSSR count). The Morgan fingerprint density at radius 2 is 2.53 bits per heavy atom. The summed E-state index contributed by atoms with van der Waals surface area (Å²) in [4.78, 5) is 11.2. The number of carbonyl (C=O) groups is 1. The summed E-state index contributed by atoms with van der Waals surface area (Å²) in [5.74, 6) is 0.236. The quantitative estimate of drug-likeness (QED) is 0.778. The van der Waals surface area contributed by atoms with Crippen LogP contribution in [0.4, 0.5) is 0 Å². The minimum atomic E-state index is 0.00510. The van der Waals surface area contributed by atoms with Crippen LogP contribution in [0.5, 0.6) is 0 Å². The molecule has 3 heteroatoms. The third kappa shape index (κ3) is 2.06. The van der Waals surface area contributed by atoms with E-state index in [0.29, 0.717) is 6.42 Å². The highest BCUT2D eigenvalue weighted by Crippen LogP contribution is 2.19. The lowest BCUT2D eigenvalue weighted by Crippen LogP contribution is -2.33. The van der Waals surface area contributed by atoms with E-state index >= 15 is 0 Å². The van der Waals surface area contributed by atoms with Gasteiger partial charge in [0.1, 0.15) is 0 Å². The van der Waals surface area contributed by atoms with Crippen molar-refractivity contribution in [2.24, 2.45) is 11.0 Å². The van der Waals surface area contributed by atoms with Crippen LogP contribution in [0.25, 0.3) is 0 Å². The molecule has 0 bridgehead atoms. The molecule has 0 saturated carbocycles. The van der Waals surface area contributed by atoms with Gasteiger partial charge in [-0.1, -0.05) is 25.1 Å². The number of nitrogens with zero attached hydrogens (tertiary/aromatic N) is 1. The summed E-state index contributed by atoms with van der Waals surface area (Å²) in [5.41, 5.74) is 4.54. The third-order valence-corrected chi connectivity index (χ3v) is 2.62. The Morgan fingerprint density at radius 3 is 3.20 bits per heavy atom. The van der Waals surface area contributed by atoms with Crippen molar-refractivity contribution in [3.05, 3.63) is 35.9 Å². The van der Waals surface area contributed by atoms with Gasteiger partial charge in [0.15, 0.2) is 0 Å². The lowest BCUT2D eigenvalue weighted by molar-refractivity contribution is -0.122. The number of rotatable bonds is 2. The summed E-state index contributed by atoms with van der Waals surface area (Å²) in [6, 6.07) is 10.7. The monoisotopic (exact) mass is 201 g/mol. The van der Waals surface area contributed by atoms with E-state index in [2.05, 4.69) is 23.5 Å². The largest absolute Gasteiger partial charge is 0.273 e. The summed E-state index contributed by atoms with van der Waals surface area (Å²) in [6.45, 7) is 2.07. The number of hydrazone groups is 1. The highest BCUT2D eigenvalue weighted by atomic mass is 16.2. The summed E-state index contributed by atoms with van der Waals surface area (Å²) >= 11 is 0. The molecule has 1 aliphatic rings. The molecule has 1 atom stereocenters. The van der Waals surface area contributed by atoms with E-state index in [4.69, 9.17) is 0 Å². The second kappa shape index (κ2) is 4.26. The van der Waals surface area contributed by atoms with E-state index in [-0.39, 0.29) is 11.8 Å². The second-order valence-corrected chi connectivity index (χ2v) is 3.63. The summed E-state index contributed by atoms with van der Waals surface area (Å²) in [5, 5.41) is 4.13. The molecule has 15 heavy (non-hydrogen) atoms. The van der Waals surface area contributed by atoms with Crippen molar-refractivity contribution in [3.63, 3.8) is 0 Å². The maximum absolute atomic E-state index is 11.2. The molecule has 1 radical (unpaired) electrons. The first-order valence-corrected chi connectivity index (χ1v) is 5.14. The topological polar surface area (TPSA) is 41.5 Å². The van der Waals surface area contributed by atoms with Crippen molar-refractivity contribution in [2.45, 2.75) is 19.8 Å². The molecule has 0 spiro atoms. The Hall–Kier alpha value is -1.64. The Bertz CT molecular complexity index is 384. The Balaban J connectivity index is 2.31. The molecule has 1 amide bonds. The molecule has 1 N–H and O–H groups in total. The van der Waals surface area contributed by atoms with E-state index in [1.807, 2.05) is 24.3 Å². The predicted octanol–water partition coefficient (Wildman–Crippen LogP) is 1.74. The van der Waals surface area contributed by atoms with Crippen LogP contribution in [0.15, 0.2) is 29.4 Å². The van der Waals surface area contributed by atoms with Crippen molar-refractivity contribution < 1.29 is 4.79 Å². The van der Waals surface area contributed by atoms with E-state index < -0.39 is 0 Å². The molecule has 1 aromatic carbocycles. The van der Waals surface area contributed by atoms with E-state index in [9.17, 15) is 4.79 Å². The van der Waals surface area contributed by atoms with Crippen LogP contribution in [0, 0.1) is 12.0 Å². The van der Waals surface area contributed by atoms with Crippen molar-refractivity contribution in [2.75, 3.05) is 0 Å². The van der Waals surface area contributed by atoms with Gasteiger partial charge in [0, 0.05) is 12.3 Å². The molecule has 1 heterocycles. The zero-order valence-corrected chi connectivity index (χ0v) is 8.66. The summed E-state index contributed by atoms with van der Waals surface area (Å²) in [6.07, 6.45) is 1.46. The number of hydrogen-bond donors (Lipinski definition) is 1. The molecule has 3 nitrogen and oxygen atoms in total. The first-order valence-electron chi connectivity index (χ1n) is 5.14. The number of carbonyl (C=O) groups excluding carboxylic acids is 1. The fourth-order valence-corrected chi connectivity index (χ4v) is 1.77. The minimum Gasteiger partial charge on any atom is -0.273 e. The lowest BCUT2D eigenvalue weighted by atomic mass is 9.90. The van der Waals surface area contributed by atoms with Crippen LogP contribution >= 0.6 is 0 Å². The maximum atomic E-state index is 11.2. The van der Waals surface area contributed by atoms with Crippen LogP contribution in [-0.4, -0.2) is 11.6 Å². The molecule has 0 aromatic heterocycles. The maximum Gasteiger partial charge on any atom is 0.240 e. The third-order valence-electron chi connectivity index (χ3n) is 2.62. The van der Waals surface area contributed by atoms with Gasteiger partial charge in [-0.05, 0) is 24.1 Å². The van der Waals surface area contributed by atoms with Crippen molar-refractivity contribution in [3.8, 4) is 0 Å². The summed E-state index contributed by atoms with van der Waals surface area (Å²) < 4.78 is 0. The molecule has 0 fully saturated rings. The van der Waals surface area contributed by atoms with Gasteiger partial charge in [-0.15, -0.1) is 0 Å². The van der Waals surface area contributed by atoms with Gasteiger partial charge >= 0.3 is 0 Å². The number of hydrogen-bond acceptors (Lipinski definition) is 2. The molecular formula is C12H13N2O. The molecule has 1 aliphatic heterocycles. The predicted molar refractivity (Wildman–Crippen MR) is 58.4 cm³/mol. The zero-order chi connectivity index (χ0) is 10.7. The normalized spacial score (nSPS) is 20.7. The molecule has 1 aromatic rings. The van der Waals surface area contributed by atoms with Gasteiger partial charge < -0.3 is 0 Å². The highest BCUT2D eigenvalue weighted by molar-refractivity contribution is 6.05. The Kier molecular flexibility index (Phi) is 2.81. The van der Waals surface area contributed by atoms with Crippen molar-refractivity contribution >= 4 is 11.6 Å². The molecule has 1 unspecified atom stereocenters. The van der Waals surface area contributed by atoms with Crippen LogP contribution in [0.3, 0.4) is 0 Å². The van der Waals surface area contributed by atoms with Gasteiger partial charge in [-0.3, -0.25) is 4.79 Å². The van der Waals surface area contributed by atoms with Crippen LogP contribution in [0.1, 0.15) is 25.3 Å². The lowest BCUT2D eigenvalue weighted by Gasteiger charge is -2.21. The number of nitrogens with one attached hydrogen (secondary N) is 1. The van der Waals surface area contributed by atoms with E-state index in [1.165, 1.54) is 0 Å². The van der Waals surface area contributed by atoms with Gasteiger partial charge in [0.25, 0.3) is 0 Å². The average Bonchev–Trinajstić information content (AvgIpc) is 2.30. The van der Waals surface area contributed by atoms with Gasteiger partial charge in [0.2, 0.25) is 5.91 Å². The van der Waals surface area contributed by atoms with Gasteiger partial charge in [-0.25, -0.2) is 5.43 Å². The molecule has 0 saturated heterocycles. The average molecular weight is 201 g/mol. The smallest absolute Gasteiger partial charge is 0.240 e. The van der Waals surface area contributed by atoms with Crippen LogP contribution in [0.2, 0.25) is 0 Å². The first kappa shape index (κ1) is 9.90. The number of benzene rings is 1. The van der Waals surface area contributed by atoms with Gasteiger partial charge in [0.05, 0.1) is 5.71 Å². The first-order chi connectivity index (χ1) is 7.31. The summed E-state index contributed by atoms with van der Waals surface area (Å²) in [7, 11) is 0. The highest BCUT2D eigenvalue weighted by Gasteiger charge is 2.23. The minimum absolute atomic E-state index is 0.00510. The molecule has 77 valence electrons. The van der Waals surface area contributed by atoms with Gasteiger partial charge in [-0.2, -0.15) is 5.10 Å². The van der Waals surface area contributed by atoms with Crippen LogP contribution in [-0.2, 0) is 4.79 Å². The van der Waals surface area contributed by atoms with Crippen molar-refractivity contribution in [1.82, 2.24) is 5.43 Å². The van der Waals surface area contributed by atoms with E-state index in [1.54, 1.807) is 0 Å². The van der Waals surface area contributed by atoms with E-state index in [0.717, 1.165) is 17.7 Å².